The van der Waals surface area contributed by atoms with Gasteiger partial charge in [-0.25, -0.2) is 9.78 Å². The average Bonchev–Trinajstić information content (AvgIpc) is 3.47. The molecule has 0 spiro atoms. The molecule has 6 heteroatoms. The molecule has 1 amide bonds. The fourth-order valence-electron chi connectivity index (χ4n) is 2.51. The van der Waals surface area contributed by atoms with E-state index in [1.807, 2.05) is 30.3 Å². The lowest BCUT2D eigenvalue weighted by molar-refractivity contribution is 0.133. The second kappa shape index (κ2) is 5.12. The Labute approximate surface area is 128 Å². The Kier molecular flexibility index (Phi) is 3.10. The molecule has 4 rings (SSSR count). The largest absolute Gasteiger partial charge is 0.445 e. The highest BCUT2D eigenvalue weighted by Crippen LogP contribution is 2.45. The Morgan fingerprint density at radius 1 is 1.32 bits per heavy atom. The Hall–Kier alpha value is -2.37. The third kappa shape index (κ3) is 2.68. The summed E-state index contributed by atoms with van der Waals surface area (Å²) in [5.41, 5.74) is 0.536. The second-order valence-corrected chi connectivity index (χ2v) is 6.09. The number of carbonyl (C=O) groups excluding carboxylic acids is 1. The third-order valence-electron chi connectivity index (χ3n) is 4.20. The lowest BCUT2D eigenvalue weighted by Crippen LogP contribution is -2.36. The molecule has 2 saturated carbocycles. The Bertz CT molecular complexity index is 674. The summed E-state index contributed by atoms with van der Waals surface area (Å²) in [5.74, 6) is 2.16. The number of benzene rings is 1. The molecule has 114 valence electrons. The van der Waals surface area contributed by atoms with E-state index in [-0.39, 0.29) is 6.61 Å². The Morgan fingerprint density at radius 3 is 2.77 bits per heavy atom. The number of amides is 1. The van der Waals surface area contributed by atoms with Gasteiger partial charge in [-0.15, -0.1) is 0 Å². The van der Waals surface area contributed by atoms with E-state index in [9.17, 15) is 4.79 Å². The first-order chi connectivity index (χ1) is 10.8. The number of H-pyrrole nitrogens is 1. The van der Waals surface area contributed by atoms with Gasteiger partial charge in [-0.05, 0) is 31.2 Å². The molecule has 1 aromatic heterocycles. The summed E-state index contributed by atoms with van der Waals surface area (Å²) in [4.78, 5) is 16.5. The maximum Gasteiger partial charge on any atom is 0.408 e. The molecular weight excluding hydrogens is 280 g/mol. The van der Waals surface area contributed by atoms with Crippen molar-refractivity contribution in [1.82, 2.24) is 20.5 Å². The minimum absolute atomic E-state index is 0.268. The Morgan fingerprint density at radius 2 is 2.09 bits per heavy atom. The molecule has 22 heavy (non-hydrogen) atoms. The highest BCUT2D eigenvalue weighted by Gasteiger charge is 2.50. The van der Waals surface area contributed by atoms with Crippen LogP contribution < -0.4 is 5.32 Å². The quantitative estimate of drug-likeness (QED) is 0.889. The lowest BCUT2D eigenvalue weighted by Gasteiger charge is -2.14. The van der Waals surface area contributed by atoms with Crippen LogP contribution in [0.2, 0.25) is 0 Å². The average molecular weight is 298 g/mol. The highest BCUT2D eigenvalue weighted by molar-refractivity contribution is 5.69. The van der Waals surface area contributed by atoms with Crippen LogP contribution in [0.25, 0.3) is 0 Å². The van der Waals surface area contributed by atoms with Gasteiger partial charge in [0.05, 0.1) is 0 Å². The van der Waals surface area contributed by atoms with Gasteiger partial charge in [0.2, 0.25) is 0 Å². The van der Waals surface area contributed by atoms with Crippen LogP contribution in [-0.4, -0.2) is 21.3 Å². The number of ether oxygens (including phenoxy) is 1. The van der Waals surface area contributed by atoms with E-state index in [0.29, 0.717) is 11.7 Å². The van der Waals surface area contributed by atoms with E-state index in [1.165, 1.54) is 12.8 Å². The summed E-state index contributed by atoms with van der Waals surface area (Å²) >= 11 is 0. The number of carbonyl (C=O) groups is 1. The summed E-state index contributed by atoms with van der Waals surface area (Å²) in [6.07, 6.45) is 3.65. The molecule has 2 aliphatic rings. The van der Waals surface area contributed by atoms with Crippen molar-refractivity contribution in [3.05, 3.63) is 47.5 Å². The van der Waals surface area contributed by atoms with Gasteiger partial charge in [0, 0.05) is 5.92 Å². The first kappa shape index (κ1) is 13.3. The molecule has 2 aliphatic carbocycles. The number of rotatable bonds is 5. The maximum atomic E-state index is 12.0. The van der Waals surface area contributed by atoms with Gasteiger partial charge in [0.15, 0.2) is 5.82 Å². The van der Waals surface area contributed by atoms with Gasteiger partial charge in [-0.3, -0.25) is 5.10 Å². The molecule has 0 unspecified atom stereocenters. The zero-order chi connectivity index (χ0) is 15.0. The van der Waals surface area contributed by atoms with Crippen LogP contribution in [-0.2, 0) is 16.9 Å². The van der Waals surface area contributed by atoms with Gasteiger partial charge in [-0.1, -0.05) is 30.3 Å². The van der Waals surface area contributed by atoms with Crippen LogP contribution in [0.4, 0.5) is 4.79 Å². The summed E-state index contributed by atoms with van der Waals surface area (Å²) in [6, 6.07) is 9.64. The van der Waals surface area contributed by atoms with Crippen molar-refractivity contribution < 1.29 is 9.53 Å². The molecule has 0 radical (unpaired) electrons. The molecule has 0 atom stereocenters. The van der Waals surface area contributed by atoms with Crippen LogP contribution in [0.3, 0.4) is 0 Å². The minimum atomic E-state index is -0.433. The van der Waals surface area contributed by atoms with Crippen molar-refractivity contribution in [3.63, 3.8) is 0 Å². The predicted octanol–water partition coefficient (Wildman–Crippen LogP) is 2.60. The van der Waals surface area contributed by atoms with Gasteiger partial charge in [0.1, 0.15) is 18.0 Å². The summed E-state index contributed by atoms with van der Waals surface area (Å²) in [6.45, 7) is 0.268. The van der Waals surface area contributed by atoms with Crippen LogP contribution in [0.15, 0.2) is 30.3 Å². The summed E-state index contributed by atoms with van der Waals surface area (Å²) in [5, 5.41) is 10.2. The zero-order valence-corrected chi connectivity index (χ0v) is 12.2. The molecule has 2 N–H and O–H groups in total. The summed E-state index contributed by atoms with van der Waals surface area (Å²) in [7, 11) is 0. The molecule has 2 fully saturated rings. The number of hydrogen-bond donors (Lipinski definition) is 2. The maximum absolute atomic E-state index is 12.0. The molecular formula is C16H18N4O2. The molecule has 0 bridgehead atoms. The molecule has 0 aliphatic heterocycles. The van der Waals surface area contributed by atoms with Crippen molar-refractivity contribution in [2.45, 2.75) is 43.7 Å². The number of alkyl carbamates (subject to hydrolysis) is 1. The van der Waals surface area contributed by atoms with Crippen molar-refractivity contribution in [1.29, 1.82) is 0 Å². The van der Waals surface area contributed by atoms with E-state index in [1.54, 1.807) is 0 Å². The minimum Gasteiger partial charge on any atom is -0.445 e. The predicted molar refractivity (Wildman–Crippen MR) is 79.0 cm³/mol. The number of aromatic amines is 1. The lowest BCUT2D eigenvalue weighted by atomic mass is 10.2. The Balaban J connectivity index is 1.36. The third-order valence-corrected chi connectivity index (χ3v) is 4.20. The van der Waals surface area contributed by atoms with Crippen molar-refractivity contribution in [2.24, 2.45) is 0 Å². The van der Waals surface area contributed by atoms with Gasteiger partial charge in [-0.2, -0.15) is 5.10 Å². The molecule has 2 aromatic rings. The van der Waals surface area contributed by atoms with Gasteiger partial charge in [0.25, 0.3) is 0 Å². The highest BCUT2D eigenvalue weighted by atomic mass is 16.5. The first-order valence-electron chi connectivity index (χ1n) is 7.67. The topological polar surface area (TPSA) is 79.9 Å². The smallest absolute Gasteiger partial charge is 0.408 e. The summed E-state index contributed by atoms with van der Waals surface area (Å²) < 4.78 is 5.28. The second-order valence-electron chi connectivity index (χ2n) is 6.09. The van der Waals surface area contributed by atoms with Gasteiger partial charge >= 0.3 is 6.09 Å². The molecule has 1 heterocycles. The molecule has 1 aromatic carbocycles. The van der Waals surface area contributed by atoms with E-state index >= 15 is 0 Å². The molecule has 0 saturated heterocycles. The monoisotopic (exact) mass is 298 g/mol. The van der Waals surface area contributed by atoms with E-state index in [2.05, 4.69) is 20.5 Å². The number of nitrogens with zero attached hydrogens (tertiary/aromatic N) is 2. The van der Waals surface area contributed by atoms with E-state index in [0.717, 1.165) is 24.2 Å². The normalized spacial score (nSPS) is 18.7. The van der Waals surface area contributed by atoms with E-state index in [4.69, 9.17) is 4.74 Å². The fraction of sp³-hybridized carbons (Fsp3) is 0.438. The van der Waals surface area contributed by atoms with Crippen LogP contribution in [0, 0.1) is 0 Å². The van der Waals surface area contributed by atoms with E-state index < -0.39 is 11.6 Å². The van der Waals surface area contributed by atoms with Crippen LogP contribution >= 0.6 is 0 Å². The van der Waals surface area contributed by atoms with Crippen LogP contribution in [0.5, 0.6) is 0 Å². The first-order valence-corrected chi connectivity index (χ1v) is 7.67. The van der Waals surface area contributed by atoms with Crippen molar-refractivity contribution >= 4 is 6.09 Å². The number of aromatic nitrogens is 3. The van der Waals surface area contributed by atoms with Crippen molar-refractivity contribution in [2.75, 3.05) is 0 Å². The number of hydrogen-bond acceptors (Lipinski definition) is 4. The van der Waals surface area contributed by atoms with Gasteiger partial charge < -0.3 is 10.1 Å². The standard InChI is InChI=1S/C16H18N4O2/c21-15(22-10-11-4-2-1-3-5-11)18-16(8-9-16)14-17-13(19-20-14)12-6-7-12/h1-5,12H,6-10H2,(H,18,21)(H,17,19,20). The molecule has 6 nitrogen and oxygen atoms in total. The SMILES string of the molecule is O=C(NC1(c2n[nH]c(C3CC3)n2)CC1)OCc1ccccc1. The zero-order valence-electron chi connectivity index (χ0n) is 12.2. The fourth-order valence-corrected chi connectivity index (χ4v) is 2.51. The van der Waals surface area contributed by atoms with Crippen molar-refractivity contribution in [3.8, 4) is 0 Å². The van der Waals surface area contributed by atoms with Crippen LogP contribution in [0.1, 0.15) is 48.8 Å². The number of nitrogens with one attached hydrogen (secondary N) is 2.